The van der Waals surface area contributed by atoms with Crippen molar-refractivity contribution in [2.24, 2.45) is 0 Å². The van der Waals surface area contributed by atoms with Crippen LogP contribution in [0.2, 0.25) is 0 Å². The van der Waals surface area contributed by atoms with Gasteiger partial charge in [0.2, 0.25) is 15.9 Å². The van der Waals surface area contributed by atoms with E-state index in [-0.39, 0.29) is 16.3 Å². The predicted molar refractivity (Wildman–Crippen MR) is 115 cm³/mol. The number of benzene rings is 2. The van der Waals surface area contributed by atoms with Crippen molar-refractivity contribution in [2.75, 3.05) is 26.0 Å². The Morgan fingerprint density at radius 2 is 1.65 bits per heavy atom. The van der Waals surface area contributed by atoms with Crippen LogP contribution in [0.15, 0.2) is 64.4 Å². The zero-order chi connectivity index (χ0) is 22.6. The van der Waals surface area contributed by atoms with E-state index in [4.69, 9.17) is 4.84 Å². The van der Waals surface area contributed by atoms with Gasteiger partial charge in [-0.25, -0.2) is 16.8 Å². The van der Waals surface area contributed by atoms with Gasteiger partial charge in [-0.15, -0.1) is 0 Å². The van der Waals surface area contributed by atoms with Gasteiger partial charge in [-0.3, -0.25) is 9.63 Å². The van der Waals surface area contributed by atoms with E-state index in [1.165, 1.54) is 54.9 Å². The number of rotatable bonds is 7. The Labute approximate surface area is 182 Å². The summed E-state index contributed by atoms with van der Waals surface area (Å²) in [7, 11) is -5.10. The highest BCUT2D eigenvalue weighted by molar-refractivity contribution is 7.89. The first-order valence-corrected chi connectivity index (χ1v) is 12.6. The van der Waals surface area contributed by atoms with Gasteiger partial charge in [0, 0.05) is 19.3 Å². The minimum absolute atomic E-state index is 0.000738. The van der Waals surface area contributed by atoms with E-state index in [0.29, 0.717) is 18.5 Å². The number of hydrogen-bond donors (Lipinski definition) is 1. The molecule has 1 heterocycles. The van der Waals surface area contributed by atoms with Gasteiger partial charge in [0.15, 0.2) is 0 Å². The Morgan fingerprint density at radius 1 is 1.00 bits per heavy atom. The Balaban J connectivity index is 1.79. The van der Waals surface area contributed by atoms with Crippen molar-refractivity contribution in [3.8, 4) is 0 Å². The van der Waals surface area contributed by atoms with Crippen molar-refractivity contribution >= 4 is 31.6 Å². The van der Waals surface area contributed by atoms with Gasteiger partial charge in [-0.1, -0.05) is 29.1 Å². The number of sulfonamides is 2. The van der Waals surface area contributed by atoms with Gasteiger partial charge < -0.3 is 5.32 Å². The van der Waals surface area contributed by atoms with Gasteiger partial charge in [0.05, 0.1) is 16.9 Å². The highest BCUT2D eigenvalue weighted by Crippen LogP contribution is 2.26. The van der Waals surface area contributed by atoms with Gasteiger partial charge >= 0.3 is 0 Å². The lowest BCUT2D eigenvalue weighted by molar-refractivity contribution is -0.120. The molecular weight excluding hydrogens is 442 g/mol. The Hall–Kier alpha value is -2.31. The summed E-state index contributed by atoms with van der Waals surface area (Å²) >= 11 is 0. The van der Waals surface area contributed by atoms with Crippen molar-refractivity contribution in [1.82, 2.24) is 8.77 Å². The standard InChI is InChI=1S/C20H25N3O6S2/c1-22(29-2)30(25,26)18-13-11-16(12-14-18)21-20(24)19-10-6-7-15-23(19)31(27,28)17-8-4-3-5-9-17/h3-5,8-9,11-14,19H,6-7,10,15H2,1-2H3,(H,21,24). The van der Waals surface area contributed by atoms with Crippen molar-refractivity contribution < 1.29 is 26.5 Å². The Morgan fingerprint density at radius 3 is 2.26 bits per heavy atom. The van der Waals surface area contributed by atoms with Crippen LogP contribution in [0, 0.1) is 0 Å². The maximum absolute atomic E-state index is 13.1. The first-order valence-electron chi connectivity index (χ1n) is 9.69. The van der Waals surface area contributed by atoms with Crippen molar-refractivity contribution in [3.63, 3.8) is 0 Å². The third-order valence-electron chi connectivity index (χ3n) is 5.12. The quantitative estimate of drug-likeness (QED) is 0.624. The molecule has 11 heteroatoms. The number of hydroxylamine groups is 1. The van der Waals surface area contributed by atoms with E-state index in [2.05, 4.69) is 5.32 Å². The molecule has 1 atom stereocenters. The SMILES string of the molecule is CON(C)S(=O)(=O)c1ccc(NC(=O)C2CCCCN2S(=O)(=O)c2ccccc2)cc1. The largest absolute Gasteiger partial charge is 0.325 e. The molecule has 2 aromatic carbocycles. The Kier molecular flexibility index (Phi) is 7.12. The second-order valence-corrected chi connectivity index (χ2v) is 10.9. The molecule has 1 unspecified atom stereocenters. The molecular formula is C20H25N3O6S2. The average molecular weight is 468 g/mol. The van der Waals surface area contributed by atoms with Crippen LogP contribution in [0.1, 0.15) is 19.3 Å². The van der Waals surface area contributed by atoms with Gasteiger partial charge in [-0.05, 0) is 49.2 Å². The fraction of sp³-hybridized carbons (Fsp3) is 0.350. The first-order chi connectivity index (χ1) is 14.7. The highest BCUT2D eigenvalue weighted by atomic mass is 32.2. The number of nitrogens with one attached hydrogen (secondary N) is 1. The molecule has 168 valence electrons. The molecule has 1 amide bonds. The molecule has 0 bridgehead atoms. The second-order valence-electron chi connectivity index (χ2n) is 7.05. The minimum Gasteiger partial charge on any atom is -0.325 e. The smallest absolute Gasteiger partial charge is 0.264 e. The lowest BCUT2D eigenvalue weighted by Crippen LogP contribution is -2.49. The highest BCUT2D eigenvalue weighted by Gasteiger charge is 2.37. The van der Waals surface area contributed by atoms with Crippen LogP contribution < -0.4 is 5.32 Å². The number of carbonyl (C=O) groups excluding carboxylic acids is 1. The third kappa shape index (κ3) is 4.96. The molecule has 1 aliphatic rings. The molecule has 0 spiro atoms. The fourth-order valence-electron chi connectivity index (χ4n) is 3.36. The van der Waals surface area contributed by atoms with Gasteiger partial charge in [0.1, 0.15) is 6.04 Å². The van der Waals surface area contributed by atoms with E-state index in [1.54, 1.807) is 18.2 Å². The normalized spacial score (nSPS) is 18.1. The summed E-state index contributed by atoms with van der Waals surface area (Å²) in [6.07, 6.45) is 1.82. The molecule has 1 N–H and O–H groups in total. The fourth-order valence-corrected chi connectivity index (χ4v) is 6.02. The summed E-state index contributed by atoms with van der Waals surface area (Å²) in [5.41, 5.74) is 0.367. The maximum Gasteiger partial charge on any atom is 0.264 e. The molecule has 3 rings (SSSR count). The van der Waals surface area contributed by atoms with E-state index in [9.17, 15) is 21.6 Å². The molecule has 0 saturated carbocycles. The number of carbonyl (C=O) groups is 1. The van der Waals surface area contributed by atoms with Gasteiger partial charge in [0.25, 0.3) is 10.0 Å². The maximum atomic E-state index is 13.1. The number of nitrogens with zero attached hydrogens (tertiary/aromatic N) is 2. The van der Waals surface area contributed by atoms with Crippen LogP contribution in [-0.2, 0) is 29.7 Å². The number of amides is 1. The summed E-state index contributed by atoms with van der Waals surface area (Å²) in [4.78, 5) is 17.8. The van der Waals surface area contributed by atoms with Crippen molar-refractivity contribution in [2.45, 2.75) is 35.1 Å². The lowest BCUT2D eigenvalue weighted by atomic mass is 10.0. The van der Waals surface area contributed by atoms with Crippen LogP contribution in [0.4, 0.5) is 5.69 Å². The first kappa shape index (κ1) is 23.4. The molecule has 1 fully saturated rings. The molecule has 0 aromatic heterocycles. The topological polar surface area (TPSA) is 113 Å². The van der Waals surface area contributed by atoms with Crippen LogP contribution in [0.25, 0.3) is 0 Å². The number of anilines is 1. The van der Waals surface area contributed by atoms with Crippen LogP contribution in [0.3, 0.4) is 0 Å². The van der Waals surface area contributed by atoms with Crippen LogP contribution in [0.5, 0.6) is 0 Å². The predicted octanol–water partition coefficient (Wildman–Crippen LogP) is 2.05. The lowest BCUT2D eigenvalue weighted by Gasteiger charge is -2.33. The summed E-state index contributed by atoms with van der Waals surface area (Å²) in [5, 5.41) is 2.70. The molecule has 31 heavy (non-hydrogen) atoms. The molecule has 2 aromatic rings. The van der Waals surface area contributed by atoms with Crippen molar-refractivity contribution in [3.05, 3.63) is 54.6 Å². The Bertz CT molecular complexity index is 1120. The molecule has 0 radical (unpaired) electrons. The summed E-state index contributed by atoms with van der Waals surface area (Å²) < 4.78 is 52.6. The van der Waals surface area contributed by atoms with E-state index in [1.807, 2.05) is 0 Å². The van der Waals surface area contributed by atoms with Crippen LogP contribution >= 0.6 is 0 Å². The molecule has 9 nitrogen and oxygen atoms in total. The second kappa shape index (κ2) is 9.45. The summed E-state index contributed by atoms with van der Waals surface area (Å²) in [5.74, 6) is -0.455. The molecule has 1 aliphatic heterocycles. The monoisotopic (exact) mass is 467 g/mol. The molecule has 1 saturated heterocycles. The zero-order valence-corrected chi connectivity index (χ0v) is 18.9. The average Bonchev–Trinajstić information content (AvgIpc) is 2.79. The molecule has 0 aliphatic carbocycles. The van der Waals surface area contributed by atoms with E-state index >= 15 is 0 Å². The number of piperidine rings is 1. The van der Waals surface area contributed by atoms with Crippen molar-refractivity contribution in [1.29, 1.82) is 0 Å². The van der Waals surface area contributed by atoms with Gasteiger partial charge in [-0.2, -0.15) is 4.31 Å². The van der Waals surface area contributed by atoms with E-state index < -0.39 is 32.0 Å². The van der Waals surface area contributed by atoms with E-state index in [0.717, 1.165) is 10.9 Å². The summed E-state index contributed by atoms with van der Waals surface area (Å²) in [6, 6.07) is 12.8. The summed E-state index contributed by atoms with van der Waals surface area (Å²) in [6.45, 7) is 0.260. The zero-order valence-electron chi connectivity index (χ0n) is 17.3. The number of hydrogen-bond acceptors (Lipinski definition) is 6. The van der Waals surface area contributed by atoms with Crippen LogP contribution in [-0.4, -0.2) is 58.3 Å². The minimum atomic E-state index is -3.81. The third-order valence-corrected chi connectivity index (χ3v) is 8.74.